The first-order valence-electron chi connectivity index (χ1n) is 14.9. The number of aliphatic hydroxyl groups excluding tert-OH is 1. The summed E-state index contributed by atoms with van der Waals surface area (Å²) in [7, 11) is 0. The number of Topliss-reactive ketones (excluding diaryl/α,β-unsaturated/α-hetero) is 1. The molecular weight excluding hydrogens is 541 g/mol. The van der Waals surface area contributed by atoms with E-state index in [1.54, 1.807) is 24.3 Å². The maximum absolute atomic E-state index is 13.4. The van der Waals surface area contributed by atoms with Gasteiger partial charge in [-0.2, -0.15) is 0 Å². The third kappa shape index (κ3) is 5.37. The summed E-state index contributed by atoms with van der Waals surface area (Å²) in [5.41, 5.74) is -1.15. The number of rotatable bonds is 9. The number of hydrogen-bond donors (Lipinski definition) is 3. The van der Waals surface area contributed by atoms with Gasteiger partial charge in [-0.25, -0.2) is 4.39 Å². The van der Waals surface area contributed by atoms with E-state index < -0.39 is 40.9 Å². The molecule has 0 aliphatic heterocycles. The number of amides is 1. The number of ketones is 2. The van der Waals surface area contributed by atoms with Crippen molar-refractivity contribution in [2.45, 2.75) is 76.9 Å². The van der Waals surface area contributed by atoms with Gasteiger partial charge in [0, 0.05) is 29.7 Å². The second-order valence-electron chi connectivity index (χ2n) is 12.9. The highest BCUT2D eigenvalue weighted by Crippen LogP contribution is 2.67. The van der Waals surface area contributed by atoms with E-state index in [2.05, 4.69) is 12.2 Å². The maximum Gasteiger partial charge on any atom is 0.306 e. The summed E-state index contributed by atoms with van der Waals surface area (Å²) in [6.07, 6.45) is 7.21. The number of halogens is 1. The Labute approximate surface area is 245 Å². The number of allylic oxidation sites excluding steroid dienone is 4. The fourth-order valence-electron chi connectivity index (χ4n) is 8.43. The Morgan fingerprint density at radius 2 is 1.86 bits per heavy atom. The highest BCUT2D eigenvalue weighted by Gasteiger charge is 2.68. The van der Waals surface area contributed by atoms with E-state index >= 15 is 0 Å². The molecule has 226 valence electrons. The molecule has 0 heterocycles. The first kappa shape index (κ1) is 30.3. The minimum absolute atomic E-state index is 0.00133. The SMILES string of the molecule is C[C@]12C=CC(=O)C=C1CC[C@H]1[C@H]2[C@@H](O)C[C@@]2(C)[C@@H]1CC[C@]2(O)C(=O)COC(=O)CCC(=O)NCCc1ccc(F)cc1. The van der Waals surface area contributed by atoms with Crippen molar-refractivity contribution in [3.63, 3.8) is 0 Å². The van der Waals surface area contributed by atoms with Crippen LogP contribution in [0, 0.1) is 34.4 Å². The summed E-state index contributed by atoms with van der Waals surface area (Å²) >= 11 is 0. The molecule has 4 aliphatic rings. The molecule has 9 heteroatoms. The predicted molar refractivity (Wildman–Crippen MR) is 151 cm³/mol. The van der Waals surface area contributed by atoms with Crippen molar-refractivity contribution in [3.8, 4) is 0 Å². The van der Waals surface area contributed by atoms with Crippen molar-refractivity contribution in [2.24, 2.45) is 28.6 Å². The molecule has 5 rings (SSSR count). The lowest BCUT2D eigenvalue weighted by Gasteiger charge is -2.59. The summed E-state index contributed by atoms with van der Waals surface area (Å²) in [4.78, 5) is 49.9. The van der Waals surface area contributed by atoms with Crippen molar-refractivity contribution in [2.75, 3.05) is 13.2 Å². The van der Waals surface area contributed by atoms with Gasteiger partial charge in [0.1, 0.15) is 11.4 Å². The van der Waals surface area contributed by atoms with E-state index in [1.807, 2.05) is 13.0 Å². The van der Waals surface area contributed by atoms with Crippen LogP contribution in [0.5, 0.6) is 0 Å². The molecule has 42 heavy (non-hydrogen) atoms. The molecule has 8 nitrogen and oxygen atoms in total. The van der Waals surface area contributed by atoms with Gasteiger partial charge in [-0.15, -0.1) is 0 Å². The fourth-order valence-corrected chi connectivity index (χ4v) is 8.43. The number of fused-ring (bicyclic) bond motifs is 5. The number of hydrogen-bond acceptors (Lipinski definition) is 7. The average molecular weight is 582 g/mol. The topological polar surface area (TPSA) is 130 Å². The molecule has 0 saturated heterocycles. The van der Waals surface area contributed by atoms with Gasteiger partial charge in [-0.05, 0) is 80.2 Å². The molecule has 0 aromatic heterocycles. The van der Waals surface area contributed by atoms with Crippen LogP contribution in [-0.4, -0.2) is 58.5 Å². The van der Waals surface area contributed by atoms with Gasteiger partial charge in [-0.3, -0.25) is 19.2 Å². The Morgan fingerprint density at radius 3 is 2.60 bits per heavy atom. The van der Waals surface area contributed by atoms with Crippen molar-refractivity contribution < 1.29 is 38.5 Å². The van der Waals surface area contributed by atoms with E-state index in [4.69, 9.17) is 4.74 Å². The van der Waals surface area contributed by atoms with Gasteiger partial charge in [-0.1, -0.05) is 37.6 Å². The summed E-state index contributed by atoms with van der Waals surface area (Å²) in [6.45, 7) is 3.68. The lowest BCUT2D eigenvalue weighted by atomic mass is 9.46. The predicted octanol–water partition coefficient (Wildman–Crippen LogP) is 3.39. The maximum atomic E-state index is 13.4. The molecule has 3 N–H and O–H groups in total. The van der Waals surface area contributed by atoms with E-state index in [9.17, 15) is 33.8 Å². The third-order valence-corrected chi connectivity index (χ3v) is 10.7. The Morgan fingerprint density at radius 1 is 1.12 bits per heavy atom. The van der Waals surface area contributed by atoms with Crippen LogP contribution in [0.25, 0.3) is 0 Å². The van der Waals surface area contributed by atoms with Crippen molar-refractivity contribution in [1.82, 2.24) is 5.32 Å². The Bertz CT molecular complexity index is 1320. The fraction of sp³-hybridized carbons (Fsp3) is 0.576. The quantitative estimate of drug-likeness (QED) is 0.381. The molecule has 1 aromatic rings. The molecule has 7 atom stereocenters. The minimum atomic E-state index is -1.74. The summed E-state index contributed by atoms with van der Waals surface area (Å²) in [5.74, 6) is -2.03. The van der Waals surface area contributed by atoms with Crippen molar-refractivity contribution >= 4 is 23.4 Å². The number of carbonyl (C=O) groups is 4. The van der Waals surface area contributed by atoms with E-state index in [-0.39, 0.29) is 60.9 Å². The first-order valence-corrected chi connectivity index (χ1v) is 14.9. The highest BCUT2D eigenvalue weighted by atomic mass is 19.1. The van der Waals surface area contributed by atoms with E-state index in [0.29, 0.717) is 19.4 Å². The first-order chi connectivity index (χ1) is 19.9. The lowest BCUT2D eigenvalue weighted by Crippen LogP contribution is -2.61. The van der Waals surface area contributed by atoms with Crippen LogP contribution in [0.2, 0.25) is 0 Å². The van der Waals surface area contributed by atoms with Crippen LogP contribution >= 0.6 is 0 Å². The van der Waals surface area contributed by atoms with Crippen LogP contribution in [0.1, 0.15) is 64.4 Å². The molecule has 4 aliphatic carbocycles. The van der Waals surface area contributed by atoms with Gasteiger partial charge in [0.05, 0.1) is 12.5 Å². The number of ether oxygens (including phenoxy) is 1. The average Bonchev–Trinajstić information content (AvgIpc) is 3.22. The lowest BCUT2D eigenvalue weighted by molar-refractivity contribution is -0.181. The monoisotopic (exact) mass is 581 g/mol. The largest absolute Gasteiger partial charge is 0.458 e. The third-order valence-electron chi connectivity index (χ3n) is 10.7. The van der Waals surface area contributed by atoms with Crippen LogP contribution in [0.15, 0.2) is 48.1 Å². The van der Waals surface area contributed by atoms with Crippen LogP contribution < -0.4 is 5.32 Å². The van der Waals surface area contributed by atoms with Crippen LogP contribution in [0.4, 0.5) is 4.39 Å². The number of esters is 1. The Hall–Kier alpha value is -3.17. The van der Waals surface area contributed by atoms with Crippen molar-refractivity contribution in [3.05, 3.63) is 59.4 Å². The van der Waals surface area contributed by atoms with Gasteiger partial charge < -0.3 is 20.3 Å². The second-order valence-corrected chi connectivity index (χ2v) is 12.9. The van der Waals surface area contributed by atoms with Gasteiger partial charge in [0.15, 0.2) is 12.4 Å². The molecule has 0 spiro atoms. The number of benzene rings is 1. The van der Waals surface area contributed by atoms with Gasteiger partial charge >= 0.3 is 5.97 Å². The molecule has 0 radical (unpaired) electrons. The standard InChI is InChI=1S/C33H40FNO7/c1-31-14-11-23(36)17-21(31)5-8-24-25-12-15-33(41,32(25,2)18-26(37)30(24)31)27(38)19-42-29(40)10-9-28(39)35-16-13-20-3-6-22(34)7-4-20/h3-4,6-7,11,14,17,24-26,30,37,41H,5,8-10,12-13,15-16,18-19H2,1-2H3,(H,35,39)/t24-,25-,26+,30+,31+,32+,33+/m1/s1. The number of nitrogens with one attached hydrogen (secondary N) is 1. The second kappa shape index (κ2) is 11.5. The Kier molecular flexibility index (Phi) is 8.29. The molecule has 3 fully saturated rings. The summed E-state index contributed by atoms with van der Waals surface area (Å²) in [6, 6.07) is 5.99. The van der Waals surface area contributed by atoms with Crippen LogP contribution in [0.3, 0.4) is 0 Å². The number of aliphatic hydroxyl groups is 2. The zero-order valence-electron chi connectivity index (χ0n) is 24.2. The van der Waals surface area contributed by atoms with Crippen molar-refractivity contribution in [1.29, 1.82) is 0 Å². The van der Waals surface area contributed by atoms with E-state index in [0.717, 1.165) is 24.0 Å². The zero-order chi connectivity index (χ0) is 30.3. The molecule has 3 saturated carbocycles. The minimum Gasteiger partial charge on any atom is -0.458 e. The molecule has 1 amide bonds. The van der Waals surface area contributed by atoms with Gasteiger partial charge in [0.25, 0.3) is 0 Å². The smallest absolute Gasteiger partial charge is 0.306 e. The number of carbonyl (C=O) groups excluding carboxylic acids is 4. The summed E-state index contributed by atoms with van der Waals surface area (Å²) in [5, 5.41) is 26.0. The highest BCUT2D eigenvalue weighted by molar-refractivity contribution is 6.01. The molecule has 0 bridgehead atoms. The van der Waals surface area contributed by atoms with E-state index in [1.165, 1.54) is 12.1 Å². The van der Waals surface area contributed by atoms with Gasteiger partial charge in [0.2, 0.25) is 11.7 Å². The summed E-state index contributed by atoms with van der Waals surface area (Å²) < 4.78 is 18.2. The molecule has 0 unspecified atom stereocenters. The Balaban J connectivity index is 1.14. The normalized spacial score (nSPS) is 35.0. The zero-order valence-corrected chi connectivity index (χ0v) is 24.2. The molecule has 1 aromatic carbocycles. The van der Waals surface area contributed by atoms with Crippen LogP contribution in [-0.2, 0) is 30.3 Å². The molecular formula is C33H40FNO7.